The lowest BCUT2D eigenvalue weighted by molar-refractivity contribution is 0.00702. The third-order valence-electron chi connectivity index (χ3n) is 3.01. The number of anilines is 1. The van der Waals surface area contributed by atoms with Crippen molar-refractivity contribution < 1.29 is 9.53 Å². The molecular weight excluding hydrogens is 242 g/mol. The highest BCUT2D eigenvalue weighted by Crippen LogP contribution is 2.23. The maximum atomic E-state index is 12.1. The highest BCUT2D eigenvalue weighted by molar-refractivity contribution is 5.94. The number of nitrogens with zero attached hydrogens (tertiary/aromatic N) is 2. The van der Waals surface area contributed by atoms with Crippen molar-refractivity contribution in [2.24, 2.45) is 0 Å². The third-order valence-corrected chi connectivity index (χ3v) is 3.01. The fourth-order valence-corrected chi connectivity index (χ4v) is 2.13. The predicted molar refractivity (Wildman–Crippen MR) is 73.9 cm³/mol. The Morgan fingerprint density at radius 1 is 1.47 bits per heavy atom. The predicted octanol–water partition coefficient (Wildman–Crippen LogP) is 1.61. The molecule has 0 aliphatic carbocycles. The molecule has 2 rings (SSSR count). The Morgan fingerprint density at radius 3 is 2.79 bits per heavy atom. The summed E-state index contributed by atoms with van der Waals surface area (Å²) in [7, 11) is 2.05. The molecule has 1 aliphatic heterocycles. The van der Waals surface area contributed by atoms with Crippen molar-refractivity contribution in [1.82, 2.24) is 9.88 Å². The summed E-state index contributed by atoms with van der Waals surface area (Å²) in [6.45, 7) is 7.26. The van der Waals surface area contributed by atoms with Crippen LogP contribution in [0.15, 0.2) is 6.07 Å². The number of aromatic nitrogens is 1. The van der Waals surface area contributed by atoms with Crippen LogP contribution in [-0.4, -0.2) is 35.0 Å². The first-order valence-corrected chi connectivity index (χ1v) is 6.46. The van der Waals surface area contributed by atoms with E-state index in [1.165, 1.54) is 0 Å². The molecule has 0 fully saturated rings. The average molecular weight is 263 g/mol. The molecular formula is C14H21N3O2. The molecule has 0 saturated heterocycles. The van der Waals surface area contributed by atoms with Gasteiger partial charge >= 0.3 is 5.97 Å². The maximum absolute atomic E-state index is 12.1. The van der Waals surface area contributed by atoms with Gasteiger partial charge in [-0.05, 0) is 39.4 Å². The second kappa shape index (κ2) is 4.81. The van der Waals surface area contributed by atoms with Crippen molar-refractivity contribution in [1.29, 1.82) is 0 Å². The number of esters is 1. The van der Waals surface area contributed by atoms with Crippen molar-refractivity contribution in [2.75, 3.05) is 19.3 Å². The molecule has 2 heterocycles. The van der Waals surface area contributed by atoms with Gasteiger partial charge in [0, 0.05) is 25.2 Å². The fourth-order valence-electron chi connectivity index (χ4n) is 2.13. The molecule has 1 aliphatic rings. The monoisotopic (exact) mass is 263 g/mol. The van der Waals surface area contributed by atoms with Crippen LogP contribution >= 0.6 is 0 Å². The number of ether oxygens (including phenoxy) is 1. The third kappa shape index (κ3) is 3.23. The SMILES string of the molecule is CN1CCc2nc(N)c(C(=O)OC(C)(C)C)cc2C1. The fraction of sp³-hybridized carbons (Fsp3) is 0.571. The molecule has 0 amide bonds. The maximum Gasteiger partial charge on any atom is 0.342 e. The first kappa shape index (κ1) is 13.8. The molecule has 5 nitrogen and oxygen atoms in total. The molecule has 104 valence electrons. The van der Waals surface area contributed by atoms with E-state index in [2.05, 4.69) is 9.88 Å². The number of hydrogen-bond acceptors (Lipinski definition) is 5. The summed E-state index contributed by atoms with van der Waals surface area (Å²) < 4.78 is 5.35. The number of rotatable bonds is 1. The topological polar surface area (TPSA) is 68.5 Å². The van der Waals surface area contributed by atoms with E-state index in [4.69, 9.17) is 10.5 Å². The van der Waals surface area contributed by atoms with Crippen LogP contribution in [-0.2, 0) is 17.7 Å². The molecule has 0 atom stereocenters. The van der Waals surface area contributed by atoms with Gasteiger partial charge in [-0.1, -0.05) is 0 Å². The molecule has 0 saturated carbocycles. The van der Waals surface area contributed by atoms with Crippen LogP contribution in [0.5, 0.6) is 0 Å². The Labute approximate surface area is 113 Å². The molecule has 0 bridgehead atoms. The molecule has 1 aromatic rings. The number of hydrogen-bond donors (Lipinski definition) is 1. The summed E-state index contributed by atoms with van der Waals surface area (Å²) >= 11 is 0. The lowest BCUT2D eigenvalue weighted by Gasteiger charge is -2.25. The number of pyridine rings is 1. The van der Waals surface area contributed by atoms with Gasteiger partial charge < -0.3 is 15.4 Å². The zero-order valence-corrected chi connectivity index (χ0v) is 12.0. The zero-order valence-electron chi connectivity index (χ0n) is 12.0. The van der Waals surface area contributed by atoms with Crippen molar-refractivity contribution in [3.63, 3.8) is 0 Å². The summed E-state index contributed by atoms with van der Waals surface area (Å²) in [5.41, 5.74) is 7.75. The highest BCUT2D eigenvalue weighted by atomic mass is 16.6. The van der Waals surface area contributed by atoms with Crippen LogP contribution in [0.1, 0.15) is 42.4 Å². The Morgan fingerprint density at radius 2 is 2.16 bits per heavy atom. The number of fused-ring (bicyclic) bond motifs is 1. The van der Waals surface area contributed by atoms with Gasteiger partial charge in [0.05, 0.1) is 0 Å². The van der Waals surface area contributed by atoms with E-state index in [9.17, 15) is 4.79 Å². The summed E-state index contributed by atoms with van der Waals surface area (Å²) in [6.07, 6.45) is 0.866. The van der Waals surface area contributed by atoms with Crippen molar-refractivity contribution >= 4 is 11.8 Å². The Bertz CT molecular complexity index is 506. The zero-order chi connectivity index (χ0) is 14.2. The largest absolute Gasteiger partial charge is 0.456 e. The first-order valence-electron chi connectivity index (χ1n) is 6.46. The van der Waals surface area contributed by atoms with Gasteiger partial charge in [-0.25, -0.2) is 9.78 Å². The second-order valence-corrected chi connectivity index (χ2v) is 6.02. The van der Waals surface area contributed by atoms with Gasteiger partial charge in [0.15, 0.2) is 0 Å². The van der Waals surface area contributed by atoms with E-state index in [0.29, 0.717) is 5.56 Å². The van der Waals surface area contributed by atoms with Crippen LogP contribution in [0.3, 0.4) is 0 Å². The lowest BCUT2D eigenvalue weighted by atomic mass is 10.0. The first-order chi connectivity index (χ1) is 8.76. The van der Waals surface area contributed by atoms with Gasteiger partial charge in [0.1, 0.15) is 17.0 Å². The Kier molecular flexibility index (Phi) is 3.49. The normalized spacial score (nSPS) is 16.0. The van der Waals surface area contributed by atoms with Crippen molar-refractivity contribution in [3.05, 3.63) is 22.9 Å². The van der Waals surface area contributed by atoms with Gasteiger partial charge in [0.25, 0.3) is 0 Å². The van der Waals surface area contributed by atoms with Crippen LogP contribution < -0.4 is 5.73 Å². The second-order valence-electron chi connectivity index (χ2n) is 6.02. The molecule has 19 heavy (non-hydrogen) atoms. The highest BCUT2D eigenvalue weighted by Gasteiger charge is 2.23. The summed E-state index contributed by atoms with van der Waals surface area (Å²) in [4.78, 5) is 18.6. The number of nitrogen functional groups attached to an aromatic ring is 1. The quantitative estimate of drug-likeness (QED) is 0.780. The van der Waals surface area contributed by atoms with Crippen LogP contribution in [0.2, 0.25) is 0 Å². The average Bonchev–Trinajstić information content (AvgIpc) is 2.26. The van der Waals surface area contributed by atoms with Gasteiger partial charge in [0.2, 0.25) is 0 Å². The standard InChI is InChI=1S/C14H21N3O2/c1-14(2,3)19-13(18)10-7-9-8-17(4)6-5-11(9)16-12(10)15/h7H,5-6,8H2,1-4H3,(H2,15,16). The minimum Gasteiger partial charge on any atom is -0.456 e. The van der Waals surface area contributed by atoms with E-state index in [-0.39, 0.29) is 5.82 Å². The number of carbonyl (C=O) groups is 1. The number of nitrogens with two attached hydrogens (primary N) is 1. The minimum atomic E-state index is -0.532. The smallest absolute Gasteiger partial charge is 0.342 e. The Balaban J connectivity index is 2.31. The van der Waals surface area contributed by atoms with Crippen molar-refractivity contribution in [2.45, 2.75) is 39.3 Å². The molecule has 1 aromatic heterocycles. The van der Waals surface area contributed by atoms with Crippen LogP contribution in [0, 0.1) is 0 Å². The minimum absolute atomic E-state index is 0.262. The molecule has 0 unspecified atom stereocenters. The molecule has 0 radical (unpaired) electrons. The summed E-state index contributed by atoms with van der Waals surface area (Å²) in [5, 5.41) is 0. The van der Waals surface area contributed by atoms with Crippen LogP contribution in [0.4, 0.5) is 5.82 Å². The molecule has 5 heteroatoms. The Hall–Kier alpha value is -1.62. The van der Waals surface area contributed by atoms with Gasteiger partial charge in [-0.3, -0.25) is 0 Å². The summed E-state index contributed by atoms with van der Waals surface area (Å²) in [5.74, 6) is -0.147. The summed E-state index contributed by atoms with van der Waals surface area (Å²) in [6, 6.07) is 1.82. The lowest BCUT2D eigenvalue weighted by Crippen LogP contribution is -2.29. The van der Waals surface area contributed by atoms with Gasteiger partial charge in [-0.2, -0.15) is 0 Å². The van der Waals surface area contributed by atoms with Gasteiger partial charge in [-0.15, -0.1) is 0 Å². The van der Waals surface area contributed by atoms with E-state index in [0.717, 1.165) is 30.8 Å². The number of carbonyl (C=O) groups excluding carboxylic acids is 1. The van der Waals surface area contributed by atoms with E-state index in [1.54, 1.807) is 0 Å². The number of likely N-dealkylation sites (N-methyl/N-ethyl adjacent to an activating group) is 1. The van der Waals surface area contributed by atoms with Crippen LogP contribution in [0.25, 0.3) is 0 Å². The van der Waals surface area contributed by atoms with E-state index >= 15 is 0 Å². The molecule has 0 spiro atoms. The van der Waals surface area contributed by atoms with E-state index < -0.39 is 11.6 Å². The molecule has 2 N–H and O–H groups in total. The molecule has 0 aromatic carbocycles. The van der Waals surface area contributed by atoms with E-state index in [1.807, 2.05) is 33.9 Å². The van der Waals surface area contributed by atoms with Crippen molar-refractivity contribution in [3.8, 4) is 0 Å².